The average Bonchev–Trinajstić information content (AvgIpc) is 3.19. The highest BCUT2D eigenvalue weighted by molar-refractivity contribution is 14.0. The van der Waals surface area contributed by atoms with Crippen LogP contribution >= 0.6 is 35.3 Å². The summed E-state index contributed by atoms with van der Waals surface area (Å²) >= 11 is 1.76. The Morgan fingerprint density at radius 2 is 2.07 bits per heavy atom. The fourth-order valence-electron chi connectivity index (χ4n) is 2.93. The Hall–Kier alpha value is -1.55. The van der Waals surface area contributed by atoms with Crippen molar-refractivity contribution in [2.45, 2.75) is 33.7 Å². The molecule has 0 radical (unpaired) electrons. The van der Waals surface area contributed by atoms with E-state index in [0.717, 1.165) is 59.8 Å². The van der Waals surface area contributed by atoms with Crippen molar-refractivity contribution >= 4 is 41.3 Å². The molecule has 1 N–H and O–H groups in total. The molecule has 0 amide bonds. The summed E-state index contributed by atoms with van der Waals surface area (Å²) in [6.07, 6.45) is 0.921. The molecule has 2 aromatic rings. The SMILES string of the molecule is CCNC(=NCCc1sc(C)nc1C)N(C)Cc1ccc2c(c1)OCO2.I. The molecule has 0 aliphatic carbocycles. The van der Waals surface area contributed by atoms with Crippen molar-refractivity contribution in [2.75, 3.05) is 26.9 Å². The maximum Gasteiger partial charge on any atom is 0.231 e. The number of thiazole rings is 1. The molecule has 27 heavy (non-hydrogen) atoms. The van der Waals surface area contributed by atoms with E-state index in [1.54, 1.807) is 11.3 Å². The van der Waals surface area contributed by atoms with Crippen LogP contribution in [-0.4, -0.2) is 42.8 Å². The molecule has 0 saturated carbocycles. The summed E-state index contributed by atoms with van der Waals surface area (Å²) in [6, 6.07) is 6.06. The lowest BCUT2D eigenvalue weighted by atomic mass is 10.2. The molecule has 8 heteroatoms. The molecule has 0 bridgehead atoms. The Kier molecular flexibility index (Phi) is 8.15. The number of nitrogens with zero attached hydrogens (tertiary/aromatic N) is 3. The fourth-order valence-corrected chi connectivity index (χ4v) is 3.85. The van der Waals surface area contributed by atoms with Crippen molar-refractivity contribution in [2.24, 2.45) is 4.99 Å². The van der Waals surface area contributed by atoms with Crippen LogP contribution in [0.1, 0.15) is 28.1 Å². The van der Waals surface area contributed by atoms with Crippen molar-refractivity contribution in [1.82, 2.24) is 15.2 Å². The summed E-state index contributed by atoms with van der Waals surface area (Å²) in [5.74, 6) is 2.53. The number of benzene rings is 1. The summed E-state index contributed by atoms with van der Waals surface area (Å²) in [6.45, 7) is 8.84. The molecule has 1 aromatic carbocycles. The molecule has 6 nitrogen and oxygen atoms in total. The lowest BCUT2D eigenvalue weighted by Gasteiger charge is -2.22. The molecule has 0 unspecified atom stereocenters. The van der Waals surface area contributed by atoms with Gasteiger partial charge in [-0.3, -0.25) is 4.99 Å². The van der Waals surface area contributed by atoms with Crippen LogP contribution in [-0.2, 0) is 13.0 Å². The van der Waals surface area contributed by atoms with E-state index in [4.69, 9.17) is 14.5 Å². The van der Waals surface area contributed by atoms with Crippen LogP contribution in [0, 0.1) is 13.8 Å². The third-order valence-electron chi connectivity index (χ3n) is 4.15. The first-order valence-electron chi connectivity index (χ1n) is 8.87. The number of hydrogen-bond acceptors (Lipinski definition) is 5. The zero-order valence-electron chi connectivity index (χ0n) is 16.2. The first kappa shape index (κ1) is 21.7. The van der Waals surface area contributed by atoms with Crippen molar-refractivity contribution in [3.05, 3.63) is 39.3 Å². The molecular formula is C19H27IN4O2S. The Bertz CT molecular complexity index is 794. The van der Waals surface area contributed by atoms with Crippen LogP contribution < -0.4 is 14.8 Å². The fraction of sp³-hybridized carbons (Fsp3) is 0.474. The lowest BCUT2D eigenvalue weighted by molar-refractivity contribution is 0.174. The van der Waals surface area contributed by atoms with Crippen LogP contribution in [0.15, 0.2) is 23.2 Å². The van der Waals surface area contributed by atoms with E-state index in [0.29, 0.717) is 6.79 Å². The van der Waals surface area contributed by atoms with Gasteiger partial charge < -0.3 is 19.7 Å². The van der Waals surface area contributed by atoms with Crippen LogP contribution in [0.3, 0.4) is 0 Å². The van der Waals surface area contributed by atoms with Gasteiger partial charge >= 0.3 is 0 Å². The summed E-state index contributed by atoms with van der Waals surface area (Å²) < 4.78 is 10.8. The number of halogens is 1. The Balaban J connectivity index is 0.00000261. The highest BCUT2D eigenvalue weighted by atomic mass is 127. The minimum atomic E-state index is 0. The third kappa shape index (κ3) is 5.71. The van der Waals surface area contributed by atoms with Gasteiger partial charge in [-0.25, -0.2) is 4.98 Å². The number of aliphatic imine (C=N–C) groups is 1. The van der Waals surface area contributed by atoms with E-state index in [1.165, 1.54) is 4.88 Å². The smallest absolute Gasteiger partial charge is 0.231 e. The molecule has 1 aliphatic rings. The van der Waals surface area contributed by atoms with Gasteiger partial charge in [0.25, 0.3) is 0 Å². The van der Waals surface area contributed by atoms with E-state index in [1.807, 2.05) is 26.1 Å². The molecule has 0 saturated heterocycles. The van der Waals surface area contributed by atoms with E-state index >= 15 is 0 Å². The van der Waals surface area contributed by atoms with Crippen LogP contribution in [0.25, 0.3) is 0 Å². The number of hydrogen-bond donors (Lipinski definition) is 1. The predicted octanol–water partition coefficient (Wildman–Crippen LogP) is 3.75. The number of fused-ring (bicyclic) bond motifs is 1. The minimum Gasteiger partial charge on any atom is -0.454 e. The van der Waals surface area contributed by atoms with Crippen molar-refractivity contribution in [1.29, 1.82) is 0 Å². The molecule has 148 valence electrons. The van der Waals surface area contributed by atoms with Gasteiger partial charge in [-0.1, -0.05) is 6.07 Å². The lowest BCUT2D eigenvalue weighted by Crippen LogP contribution is -2.38. The molecule has 0 fully saturated rings. The first-order chi connectivity index (χ1) is 12.6. The number of nitrogens with one attached hydrogen (secondary N) is 1. The quantitative estimate of drug-likeness (QED) is 0.371. The maximum absolute atomic E-state index is 5.46. The van der Waals surface area contributed by atoms with Gasteiger partial charge in [0.05, 0.1) is 10.7 Å². The van der Waals surface area contributed by atoms with Crippen molar-refractivity contribution < 1.29 is 9.47 Å². The van der Waals surface area contributed by atoms with Gasteiger partial charge in [0.2, 0.25) is 6.79 Å². The summed E-state index contributed by atoms with van der Waals surface area (Å²) in [5.41, 5.74) is 2.29. The van der Waals surface area contributed by atoms with Crippen molar-refractivity contribution in [3.8, 4) is 11.5 Å². The predicted molar refractivity (Wildman–Crippen MR) is 121 cm³/mol. The third-order valence-corrected chi connectivity index (χ3v) is 5.29. The van der Waals surface area contributed by atoms with Gasteiger partial charge in [0, 0.05) is 38.0 Å². The molecule has 1 aromatic heterocycles. The number of guanidine groups is 1. The average molecular weight is 502 g/mol. The number of aromatic nitrogens is 1. The van der Waals surface area contributed by atoms with Crippen LogP contribution in [0.5, 0.6) is 11.5 Å². The second kappa shape index (κ2) is 10.1. The summed E-state index contributed by atoms with van der Waals surface area (Å²) in [5, 5.41) is 4.49. The highest BCUT2D eigenvalue weighted by Gasteiger charge is 2.14. The van der Waals surface area contributed by atoms with E-state index in [2.05, 4.69) is 35.1 Å². The Morgan fingerprint density at radius 1 is 1.30 bits per heavy atom. The molecule has 0 spiro atoms. The number of ether oxygens (including phenoxy) is 2. The standard InChI is InChI=1S/C19H26N4O2S.HI/c1-5-20-19(21-9-8-18-13(2)22-14(3)26-18)23(4)11-15-6-7-16-17(10-15)25-12-24-16;/h6-7,10H,5,8-9,11-12H2,1-4H3,(H,20,21);1H. The molecule has 1 aliphatic heterocycles. The summed E-state index contributed by atoms with van der Waals surface area (Å²) in [4.78, 5) is 12.7. The monoisotopic (exact) mass is 502 g/mol. The van der Waals surface area contributed by atoms with E-state index < -0.39 is 0 Å². The second-order valence-corrected chi connectivity index (χ2v) is 7.56. The van der Waals surface area contributed by atoms with Gasteiger partial charge in [0.1, 0.15) is 0 Å². The van der Waals surface area contributed by atoms with Gasteiger partial charge in [-0.05, 0) is 38.5 Å². The topological polar surface area (TPSA) is 59.0 Å². The molecule has 3 rings (SSSR count). The maximum atomic E-state index is 5.46. The van der Waals surface area contributed by atoms with E-state index in [9.17, 15) is 0 Å². The molecule has 0 atom stereocenters. The largest absolute Gasteiger partial charge is 0.454 e. The zero-order chi connectivity index (χ0) is 18.5. The Morgan fingerprint density at radius 3 is 2.78 bits per heavy atom. The van der Waals surface area contributed by atoms with Crippen molar-refractivity contribution in [3.63, 3.8) is 0 Å². The minimum absolute atomic E-state index is 0. The summed E-state index contributed by atoms with van der Waals surface area (Å²) in [7, 11) is 2.05. The number of rotatable bonds is 6. The number of aryl methyl sites for hydroxylation is 2. The normalized spacial score (nSPS) is 12.7. The zero-order valence-corrected chi connectivity index (χ0v) is 19.4. The molecule has 2 heterocycles. The first-order valence-corrected chi connectivity index (χ1v) is 9.69. The van der Waals surface area contributed by atoms with Crippen LogP contribution in [0.2, 0.25) is 0 Å². The van der Waals surface area contributed by atoms with Gasteiger partial charge in [-0.15, -0.1) is 35.3 Å². The van der Waals surface area contributed by atoms with Gasteiger partial charge in [-0.2, -0.15) is 0 Å². The van der Waals surface area contributed by atoms with Crippen LogP contribution in [0.4, 0.5) is 0 Å². The van der Waals surface area contributed by atoms with E-state index in [-0.39, 0.29) is 24.0 Å². The van der Waals surface area contributed by atoms with Gasteiger partial charge in [0.15, 0.2) is 17.5 Å². The second-order valence-electron chi connectivity index (χ2n) is 6.27. The Labute approximate surface area is 182 Å². The molecular weight excluding hydrogens is 475 g/mol. The highest BCUT2D eigenvalue weighted by Crippen LogP contribution is 2.32.